The second-order valence-electron chi connectivity index (χ2n) is 14.9. The number of nitrogens with zero attached hydrogens (tertiary/aromatic N) is 3. The van der Waals surface area contributed by atoms with E-state index in [9.17, 15) is 13.6 Å². The van der Waals surface area contributed by atoms with Crippen molar-refractivity contribution in [3.63, 3.8) is 0 Å². The molecule has 0 unspecified atom stereocenters. The molecule has 5 heterocycles. The molecule has 3 aliphatic heterocycles. The number of amides is 1. The van der Waals surface area contributed by atoms with Gasteiger partial charge in [0.15, 0.2) is 0 Å². The second-order valence-corrected chi connectivity index (χ2v) is 14.9. The maximum absolute atomic E-state index is 14.0. The molecule has 1 amide bonds. The van der Waals surface area contributed by atoms with Crippen LogP contribution >= 0.6 is 0 Å². The first kappa shape index (κ1) is 36.9. The summed E-state index contributed by atoms with van der Waals surface area (Å²) in [5.74, 6) is 2.45. The Morgan fingerprint density at radius 2 is 1.45 bits per heavy atom. The molecule has 0 spiro atoms. The number of rotatable bonds is 8. The third kappa shape index (κ3) is 9.03. The van der Waals surface area contributed by atoms with Crippen LogP contribution in [0, 0.1) is 23.0 Å². The number of pyridine rings is 2. The number of ether oxygens (including phenoxy) is 3. The van der Waals surface area contributed by atoms with Crippen LogP contribution in [-0.4, -0.2) is 59.2 Å². The van der Waals surface area contributed by atoms with Gasteiger partial charge in [-0.25, -0.2) is 8.78 Å². The van der Waals surface area contributed by atoms with Crippen LogP contribution in [0.15, 0.2) is 73.1 Å². The monoisotopic (exact) mass is 725 g/mol. The smallest absolute Gasteiger partial charge is 0.229 e. The number of nitrogens with one attached hydrogen (secondary N) is 2. The largest absolute Gasteiger partial charge is 0.456 e. The van der Waals surface area contributed by atoms with Gasteiger partial charge in [0.05, 0.1) is 17.8 Å². The zero-order chi connectivity index (χ0) is 36.8. The van der Waals surface area contributed by atoms with Gasteiger partial charge in [-0.05, 0) is 110 Å². The summed E-state index contributed by atoms with van der Waals surface area (Å²) >= 11 is 0. The lowest BCUT2D eigenvalue weighted by Crippen LogP contribution is -2.49. The summed E-state index contributed by atoms with van der Waals surface area (Å²) in [7, 11) is 0. The molecule has 2 N–H and O–H groups in total. The number of fused-ring (bicyclic) bond motifs is 2. The number of aromatic nitrogens is 2. The van der Waals surface area contributed by atoms with Crippen molar-refractivity contribution in [3.05, 3.63) is 107 Å². The zero-order valence-corrected chi connectivity index (χ0v) is 30.6. The van der Waals surface area contributed by atoms with Gasteiger partial charge in [0.2, 0.25) is 5.91 Å². The minimum Gasteiger partial charge on any atom is -0.456 e. The van der Waals surface area contributed by atoms with Gasteiger partial charge >= 0.3 is 0 Å². The van der Waals surface area contributed by atoms with Gasteiger partial charge in [0.1, 0.15) is 34.6 Å². The summed E-state index contributed by atoms with van der Waals surface area (Å²) in [6.45, 7) is 9.09. The van der Waals surface area contributed by atoms with Gasteiger partial charge in [-0.15, -0.1) is 0 Å². The molecule has 2 atom stereocenters. The molecule has 11 heteroatoms. The number of benzene rings is 2. The molecule has 280 valence electrons. The molecular formula is C42H49F2N5O4. The first-order valence-corrected chi connectivity index (χ1v) is 18.9. The van der Waals surface area contributed by atoms with Crippen molar-refractivity contribution in [1.82, 2.24) is 25.5 Å². The van der Waals surface area contributed by atoms with E-state index in [4.69, 9.17) is 14.2 Å². The lowest BCUT2D eigenvalue weighted by atomic mass is 9.74. The van der Waals surface area contributed by atoms with Crippen molar-refractivity contribution >= 4 is 5.91 Å². The van der Waals surface area contributed by atoms with Crippen LogP contribution in [0.2, 0.25) is 0 Å². The van der Waals surface area contributed by atoms with E-state index in [-0.39, 0.29) is 28.9 Å². The molecule has 53 heavy (non-hydrogen) atoms. The first-order valence-electron chi connectivity index (χ1n) is 18.9. The third-order valence-electron chi connectivity index (χ3n) is 11.1. The quantitative estimate of drug-likeness (QED) is 0.193. The highest BCUT2D eigenvalue weighted by Crippen LogP contribution is 2.47. The van der Waals surface area contributed by atoms with Gasteiger partial charge in [-0.2, -0.15) is 0 Å². The van der Waals surface area contributed by atoms with Crippen molar-refractivity contribution in [2.45, 2.75) is 84.0 Å². The predicted octanol–water partition coefficient (Wildman–Crippen LogP) is 7.52. The SMILES string of the molecule is CC(C)[C@]1(C(=O)N2CCc3ncc(Oc4ccc(F)cc4)cc3C2)CC[C@@H](NC2CCOCC2)C1.Fc1ccc(Oc2cnc3c(c2)CNCC3)cc1. The molecular weight excluding hydrogens is 676 g/mol. The van der Waals surface area contributed by atoms with Crippen LogP contribution in [0.25, 0.3) is 0 Å². The highest BCUT2D eigenvalue weighted by molar-refractivity contribution is 5.84. The van der Waals surface area contributed by atoms with Gasteiger partial charge in [0, 0.05) is 75.7 Å². The summed E-state index contributed by atoms with van der Waals surface area (Å²) in [5, 5.41) is 7.13. The van der Waals surface area contributed by atoms with Crippen LogP contribution in [0.5, 0.6) is 23.0 Å². The molecule has 4 aromatic rings. The number of hydrogen-bond donors (Lipinski definition) is 2. The van der Waals surface area contributed by atoms with Crippen molar-refractivity contribution in [2.24, 2.45) is 11.3 Å². The van der Waals surface area contributed by atoms with Crippen LogP contribution in [0.1, 0.15) is 68.5 Å². The third-order valence-corrected chi connectivity index (χ3v) is 11.1. The zero-order valence-electron chi connectivity index (χ0n) is 30.6. The Labute approximate surface area is 310 Å². The molecule has 1 aliphatic carbocycles. The van der Waals surface area contributed by atoms with Crippen LogP contribution in [0.3, 0.4) is 0 Å². The van der Waals surface area contributed by atoms with Crippen molar-refractivity contribution < 1.29 is 27.8 Å². The molecule has 9 nitrogen and oxygen atoms in total. The lowest BCUT2D eigenvalue weighted by Gasteiger charge is -2.39. The van der Waals surface area contributed by atoms with E-state index in [1.54, 1.807) is 36.7 Å². The van der Waals surface area contributed by atoms with E-state index < -0.39 is 0 Å². The fraction of sp³-hybridized carbons (Fsp3) is 0.452. The minimum absolute atomic E-state index is 0.268. The number of hydrogen-bond acceptors (Lipinski definition) is 8. The van der Waals surface area contributed by atoms with E-state index in [2.05, 4.69) is 34.4 Å². The van der Waals surface area contributed by atoms with Gasteiger partial charge in [-0.3, -0.25) is 14.8 Å². The topological polar surface area (TPSA) is 97.8 Å². The van der Waals surface area contributed by atoms with Gasteiger partial charge in [-0.1, -0.05) is 13.8 Å². The molecule has 0 radical (unpaired) electrons. The normalized spacial score (nSPS) is 21.3. The van der Waals surface area contributed by atoms with Gasteiger partial charge in [0.25, 0.3) is 0 Å². The van der Waals surface area contributed by atoms with Gasteiger partial charge < -0.3 is 29.7 Å². The molecule has 1 saturated heterocycles. The maximum atomic E-state index is 14.0. The average Bonchev–Trinajstić information content (AvgIpc) is 3.62. The van der Waals surface area contributed by atoms with E-state index in [1.165, 1.54) is 29.8 Å². The Morgan fingerprint density at radius 1 is 0.849 bits per heavy atom. The van der Waals surface area contributed by atoms with Crippen molar-refractivity contribution in [2.75, 3.05) is 26.3 Å². The Kier molecular flexibility index (Phi) is 11.6. The Morgan fingerprint density at radius 3 is 2.08 bits per heavy atom. The summed E-state index contributed by atoms with van der Waals surface area (Å²) in [4.78, 5) is 25.0. The number of carbonyl (C=O) groups is 1. The highest BCUT2D eigenvalue weighted by atomic mass is 19.1. The number of halogens is 2. The fourth-order valence-corrected chi connectivity index (χ4v) is 7.99. The number of carbonyl (C=O) groups excluding carboxylic acids is 1. The van der Waals surface area contributed by atoms with Crippen molar-refractivity contribution in [1.29, 1.82) is 0 Å². The van der Waals surface area contributed by atoms with E-state index in [1.807, 2.05) is 17.0 Å². The van der Waals surface area contributed by atoms with E-state index in [0.717, 1.165) is 88.2 Å². The van der Waals surface area contributed by atoms with E-state index >= 15 is 0 Å². The van der Waals surface area contributed by atoms with Crippen LogP contribution in [-0.2, 0) is 35.5 Å². The summed E-state index contributed by atoms with van der Waals surface area (Å²) in [5.41, 5.74) is 4.01. The first-order chi connectivity index (χ1) is 25.7. The average molecular weight is 726 g/mol. The molecule has 4 aliphatic rings. The van der Waals surface area contributed by atoms with Crippen molar-refractivity contribution in [3.8, 4) is 23.0 Å². The maximum Gasteiger partial charge on any atom is 0.229 e. The second kappa shape index (κ2) is 16.7. The Bertz CT molecular complexity index is 1850. The Hall–Kier alpha value is -4.45. The fourth-order valence-electron chi connectivity index (χ4n) is 7.99. The van der Waals surface area contributed by atoms with Crippen LogP contribution < -0.4 is 20.1 Å². The summed E-state index contributed by atoms with van der Waals surface area (Å²) < 4.78 is 43.0. The molecule has 2 fully saturated rings. The molecule has 2 aromatic heterocycles. The highest BCUT2D eigenvalue weighted by Gasteiger charge is 2.49. The van der Waals surface area contributed by atoms with E-state index in [0.29, 0.717) is 48.2 Å². The standard InChI is InChI=1S/C28H36FN3O3.C14H13FN2O/c1-19(2)28(11-7-23(16-28)31-22-9-13-34-14-10-22)27(33)32-12-8-26-20(18-32)15-25(17-30-26)35-24-5-3-21(29)4-6-24;15-11-1-3-12(4-2-11)18-13-7-10-8-16-6-5-14(10)17-9-13/h3-6,15,17,19,22-23,31H,7-14,16,18H2,1-2H3;1-4,7,9,16H,5-6,8H2/t23-,28+;/m1./s1. The minimum atomic E-state index is -0.323. The molecule has 8 rings (SSSR count). The summed E-state index contributed by atoms with van der Waals surface area (Å²) in [6.07, 6.45) is 10.1. The Balaban J connectivity index is 0.000000202. The molecule has 2 aromatic carbocycles. The molecule has 0 bridgehead atoms. The lowest BCUT2D eigenvalue weighted by molar-refractivity contribution is -0.146. The van der Waals surface area contributed by atoms with Crippen LogP contribution in [0.4, 0.5) is 8.78 Å². The predicted molar refractivity (Wildman–Crippen MR) is 198 cm³/mol. The molecule has 1 saturated carbocycles. The summed E-state index contributed by atoms with van der Waals surface area (Å²) in [6, 6.07) is 16.8.